The van der Waals surface area contributed by atoms with E-state index in [1.54, 1.807) is 0 Å². The van der Waals surface area contributed by atoms with Crippen molar-refractivity contribution in [2.45, 2.75) is 13.0 Å². The van der Waals surface area contributed by atoms with Crippen LogP contribution >= 0.6 is 0 Å². The first-order valence-electron chi connectivity index (χ1n) is 5.07. The van der Waals surface area contributed by atoms with E-state index in [9.17, 15) is 17.9 Å². The molecule has 0 radical (unpaired) electrons. The van der Waals surface area contributed by atoms with Crippen LogP contribution in [0.25, 0.3) is 0 Å². The van der Waals surface area contributed by atoms with Gasteiger partial charge in [-0.15, -0.1) is 0 Å². The van der Waals surface area contributed by atoms with E-state index in [0.717, 1.165) is 12.3 Å². The fourth-order valence-corrected chi connectivity index (χ4v) is 1.67. The maximum Gasteiger partial charge on any atom is 0.150 e. The van der Waals surface area contributed by atoms with Crippen molar-refractivity contribution in [3.63, 3.8) is 0 Å². The molecule has 1 N–H and O–H groups in total. The van der Waals surface area contributed by atoms with Crippen molar-refractivity contribution in [1.82, 2.24) is 0 Å². The predicted octanol–water partition coefficient (Wildman–Crippen LogP) is 1.30. The Hall–Kier alpha value is -1.14. The summed E-state index contributed by atoms with van der Waals surface area (Å²) in [5.41, 5.74) is 0.430. The molecule has 0 aliphatic heterocycles. The van der Waals surface area contributed by atoms with Crippen LogP contribution in [0.15, 0.2) is 18.2 Å². The number of hydrogen-bond acceptors (Lipinski definition) is 4. The lowest BCUT2D eigenvalue weighted by Crippen LogP contribution is -2.13. The Kier molecular flexibility index (Phi) is 4.47. The summed E-state index contributed by atoms with van der Waals surface area (Å²) in [5.74, 6) is -0.477. The third-order valence-corrected chi connectivity index (χ3v) is 3.05. The van der Waals surface area contributed by atoms with Gasteiger partial charge in [0, 0.05) is 17.9 Å². The minimum absolute atomic E-state index is 0.0675. The summed E-state index contributed by atoms with van der Waals surface area (Å²) in [6, 6.07) is 3.76. The number of benzene rings is 1. The van der Waals surface area contributed by atoms with Crippen LogP contribution in [0.3, 0.4) is 0 Å². The zero-order valence-electron chi connectivity index (χ0n) is 9.68. The van der Waals surface area contributed by atoms with Crippen LogP contribution in [0.1, 0.15) is 18.6 Å². The Morgan fingerprint density at radius 1 is 1.47 bits per heavy atom. The highest BCUT2D eigenvalue weighted by Gasteiger charge is 2.11. The third-order valence-electron chi connectivity index (χ3n) is 2.14. The van der Waals surface area contributed by atoms with Crippen LogP contribution in [-0.2, 0) is 9.84 Å². The molecular weight excluding hydrogens is 247 g/mol. The average molecular weight is 262 g/mol. The maximum absolute atomic E-state index is 13.0. The van der Waals surface area contributed by atoms with Gasteiger partial charge in [-0.2, -0.15) is 0 Å². The number of sulfone groups is 1. The number of rotatable bonds is 5. The topological polar surface area (TPSA) is 63.6 Å². The molecule has 0 fully saturated rings. The van der Waals surface area contributed by atoms with Gasteiger partial charge in [0.15, 0.2) is 9.84 Å². The predicted molar refractivity (Wildman–Crippen MR) is 62.2 cm³/mol. The molecule has 6 heteroatoms. The van der Waals surface area contributed by atoms with Gasteiger partial charge >= 0.3 is 0 Å². The maximum atomic E-state index is 13.0. The SMILES string of the molecule is C[C@H](O)c1ccc(F)cc1OCCS(C)(=O)=O. The van der Waals surface area contributed by atoms with Crippen LogP contribution in [0.5, 0.6) is 5.75 Å². The van der Waals surface area contributed by atoms with E-state index < -0.39 is 21.8 Å². The molecule has 17 heavy (non-hydrogen) atoms. The second-order valence-corrected chi connectivity index (χ2v) is 6.10. The average Bonchev–Trinajstić information content (AvgIpc) is 2.15. The van der Waals surface area contributed by atoms with E-state index in [0.29, 0.717) is 5.56 Å². The van der Waals surface area contributed by atoms with Crippen LogP contribution in [0.4, 0.5) is 4.39 Å². The largest absolute Gasteiger partial charge is 0.492 e. The smallest absolute Gasteiger partial charge is 0.150 e. The summed E-state index contributed by atoms with van der Waals surface area (Å²) in [5, 5.41) is 9.43. The van der Waals surface area contributed by atoms with Gasteiger partial charge < -0.3 is 9.84 Å². The number of halogens is 1. The van der Waals surface area contributed by atoms with Crippen molar-refractivity contribution in [2.24, 2.45) is 0 Å². The normalized spacial score (nSPS) is 13.4. The minimum atomic E-state index is -3.12. The van der Waals surface area contributed by atoms with Crippen molar-refractivity contribution in [1.29, 1.82) is 0 Å². The lowest BCUT2D eigenvalue weighted by molar-refractivity contribution is 0.192. The number of aliphatic hydroxyl groups is 1. The Labute approximate surface area is 100.0 Å². The van der Waals surface area contributed by atoms with Gasteiger partial charge in [0.25, 0.3) is 0 Å². The highest BCUT2D eigenvalue weighted by atomic mass is 32.2. The van der Waals surface area contributed by atoms with Gasteiger partial charge in [-0.3, -0.25) is 0 Å². The molecule has 0 aromatic heterocycles. The molecule has 0 spiro atoms. The lowest BCUT2D eigenvalue weighted by atomic mass is 10.1. The molecule has 1 atom stereocenters. The summed E-state index contributed by atoms with van der Waals surface area (Å²) in [7, 11) is -3.12. The number of aliphatic hydroxyl groups excluding tert-OH is 1. The molecule has 0 aliphatic carbocycles. The van der Waals surface area contributed by atoms with Crippen LogP contribution < -0.4 is 4.74 Å². The van der Waals surface area contributed by atoms with E-state index in [2.05, 4.69) is 0 Å². The fourth-order valence-electron chi connectivity index (χ4n) is 1.28. The van der Waals surface area contributed by atoms with Crippen molar-refractivity contribution >= 4 is 9.84 Å². The molecule has 1 aromatic carbocycles. The van der Waals surface area contributed by atoms with Crippen molar-refractivity contribution in [3.05, 3.63) is 29.6 Å². The van der Waals surface area contributed by atoms with Crippen LogP contribution in [0.2, 0.25) is 0 Å². The molecule has 1 aromatic rings. The highest BCUT2D eigenvalue weighted by molar-refractivity contribution is 7.90. The summed E-state index contributed by atoms with van der Waals surface area (Å²) in [6.07, 6.45) is 0.293. The Morgan fingerprint density at radius 3 is 2.65 bits per heavy atom. The monoisotopic (exact) mass is 262 g/mol. The van der Waals surface area contributed by atoms with Gasteiger partial charge in [-0.1, -0.05) is 0 Å². The summed E-state index contributed by atoms with van der Waals surface area (Å²) < 4.78 is 40.0. The summed E-state index contributed by atoms with van der Waals surface area (Å²) in [4.78, 5) is 0. The van der Waals surface area contributed by atoms with E-state index in [4.69, 9.17) is 4.74 Å². The zero-order chi connectivity index (χ0) is 13.1. The Morgan fingerprint density at radius 2 is 2.12 bits per heavy atom. The molecule has 4 nitrogen and oxygen atoms in total. The summed E-state index contributed by atoms with van der Waals surface area (Å²) >= 11 is 0. The zero-order valence-corrected chi connectivity index (χ0v) is 10.5. The first kappa shape index (κ1) is 13.9. The van der Waals surface area contributed by atoms with Crippen molar-refractivity contribution < 1.29 is 22.7 Å². The van der Waals surface area contributed by atoms with E-state index >= 15 is 0 Å². The molecule has 0 unspecified atom stereocenters. The second kappa shape index (κ2) is 5.46. The van der Waals surface area contributed by atoms with E-state index in [1.807, 2.05) is 0 Å². The van der Waals surface area contributed by atoms with E-state index in [1.165, 1.54) is 19.1 Å². The van der Waals surface area contributed by atoms with Gasteiger partial charge in [-0.25, -0.2) is 12.8 Å². The summed E-state index contributed by atoms with van der Waals surface area (Å²) in [6.45, 7) is 1.46. The van der Waals surface area contributed by atoms with Gasteiger partial charge in [0.05, 0.1) is 11.9 Å². The molecule has 0 saturated heterocycles. The standard InChI is InChI=1S/C11H15FO4S/c1-8(13)10-4-3-9(12)7-11(10)16-5-6-17(2,14)15/h3-4,7-8,13H,5-6H2,1-2H3/t8-/m0/s1. The highest BCUT2D eigenvalue weighted by Crippen LogP contribution is 2.25. The molecule has 0 heterocycles. The molecule has 0 saturated carbocycles. The first-order chi connectivity index (χ1) is 7.79. The fraction of sp³-hybridized carbons (Fsp3) is 0.455. The Balaban J connectivity index is 2.79. The molecule has 0 amide bonds. The van der Waals surface area contributed by atoms with Crippen molar-refractivity contribution in [2.75, 3.05) is 18.6 Å². The molecule has 0 bridgehead atoms. The Bertz CT molecular complexity index is 482. The number of ether oxygens (including phenoxy) is 1. The van der Waals surface area contributed by atoms with Crippen LogP contribution in [-0.4, -0.2) is 32.1 Å². The van der Waals surface area contributed by atoms with Gasteiger partial charge in [-0.05, 0) is 19.1 Å². The van der Waals surface area contributed by atoms with E-state index in [-0.39, 0.29) is 18.1 Å². The van der Waals surface area contributed by atoms with Gasteiger partial charge in [0.1, 0.15) is 18.2 Å². The third kappa shape index (κ3) is 4.70. The van der Waals surface area contributed by atoms with Gasteiger partial charge in [0.2, 0.25) is 0 Å². The second-order valence-electron chi connectivity index (χ2n) is 3.84. The molecule has 0 aliphatic rings. The molecule has 1 rings (SSSR count). The minimum Gasteiger partial charge on any atom is -0.492 e. The first-order valence-corrected chi connectivity index (χ1v) is 7.13. The number of hydrogen-bond donors (Lipinski definition) is 1. The lowest BCUT2D eigenvalue weighted by Gasteiger charge is -2.13. The van der Waals surface area contributed by atoms with Crippen molar-refractivity contribution in [3.8, 4) is 5.75 Å². The molecule has 96 valence electrons. The molecular formula is C11H15FO4S. The quantitative estimate of drug-likeness (QED) is 0.868. The van der Waals surface area contributed by atoms with Crippen LogP contribution in [0, 0.1) is 5.82 Å².